The number of nitrogens with zero attached hydrogens (tertiary/aromatic N) is 1. The molecular formula is C15H21N3O. The number of amides is 1. The van der Waals surface area contributed by atoms with Gasteiger partial charge in [-0.3, -0.25) is 4.79 Å². The maximum absolute atomic E-state index is 12.6. The van der Waals surface area contributed by atoms with Crippen molar-refractivity contribution in [3.63, 3.8) is 0 Å². The summed E-state index contributed by atoms with van der Waals surface area (Å²) < 4.78 is 0. The number of nitrogens with one attached hydrogen (secondary N) is 1. The summed E-state index contributed by atoms with van der Waals surface area (Å²) in [6, 6.07) is 5.83. The highest BCUT2D eigenvalue weighted by Crippen LogP contribution is 2.22. The summed E-state index contributed by atoms with van der Waals surface area (Å²) in [7, 11) is 0. The van der Waals surface area contributed by atoms with Gasteiger partial charge in [0.2, 0.25) is 0 Å². The fourth-order valence-corrected chi connectivity index (χ4v) is 2.35. The molecule has 0 spiro atoms. The van der Waals surface area contributed by atoms with Gasteiger partial charge >= 0.3 is 0 Å². The molecule has 0 aliphatic heterocycles. The molecule has 1 aromatic heterocycles. The van der Waals surface area contributed by atoms with E-state index >= 15 is 0 Å². The van der Waals surface area contributed by atoms with E-state index in [1.54, 1.807) is 6.20 Å². The fourth-order valence-electron chi connectivity index (χ4n) is 2.35. The van der Waals surface area contributed by atoms with Gasteiger partial charge in [-0.2, -0.15) is 0 Å². The number of carbonyl (C=O) groups is 1. The largest absolute Gasteiger partial charge is 0.399 e. The molecule has 2 aromatic rings. The Morgan fingerprint density at radius 1 is 1.42 bits per heavy atom. The third-order valence-electron chi connectivity index (χ3n) is 3.66. The number of carbonyl (C=O) groups excluding carboxylic acids is 1. The van der Waals surface area contributed by atoms with E-state index in [4.69, 9.17) is 5.73 Å². The molecule has 3 N–H and O–H groups in total. The van der Waals surface area contributed by atoms with Crippen molar-refractivity contribution in [1.82, 2.24) is 9.88 Å². The van der Waals surface area contributed by atoms with E-state index in [0.29, 0.717) is 5.69 Å². The lowest BCUT2D eigenvalue weighted by Crippen LogP contribution is -2.38. The van der Waals surface area contributed by atoms with Crippen LogP contribution in [-0.4, -0.2) is 28.4 Å². The van der Waals surface area contributed by atoms with Crippen LogP contribution in [0.15, 0.2) is 24.4 Å². The Bertz CT molecular complexity index is 588. The van der Waals surface area contributed by atoms with Gasteiger partial charge < -0.3 is 15.6 Å². The molecule has 0 fully saturated rings. The summed E-state index contributed by atoms with van der Waals surface area (Å²) in [5, 5.41) is 0.931. The van der Waals surface area contributed by atoms with Crippen molar-refractivity contribution in [3.8, 4) is 0 Å². The smallest absolute Gasteiger partial charge is 0.256 e. The molecule has 1 unspecified atom stereocenters. The van der Waals surface area contributed by atoms with Crippen LogP contribution in [0.4, 0.5) is 5.69 Å². The van der Waals surface area contributed by atoms with Gasteiger partial charge in [0.25, 0.3) is 5.91 Å². The third-order valence-corrected chi connectivity index (χ3v) is 3.66. The SMILES string of the molecule is CCC(C)N(CC)C(=O)c1c[nH]c2cc(N)ccc12. The molecule has 2 rings (SSSR count). The topological polar surface area (TPSA) is 62.1 Å². The standard InChI is InChI=1S/C15H21N3O/c1-4-10(3)18(5-2)15(19)13-9-17-14-8-11(16)6-7-12(13)14/h6-10,17H,4-5,16H2,1-3H3. The summed E-state index contributed by atoms with van der Waals surface area (Å²) in [5.74, 6) is 0.0767. The van der Waals surface area contributed by atoms with Crippen LogP contribution in [0.1, 0.15) is 37.6 Å². The van der Waals surface area contributed by atoms with Crippen LogP contribution < -0.4 is 5.73 Å². The number of hydrogen-bond acceptors (Lipinski definition) is 2. The van der Waals surface area contributed by atoms with Crippen LogP contribution in [0, 0.1) is 0 Å². The van der Waals surface area contributed by atoms with Crippen LogP contribution in [0.5, 0.6) is 0 Å². The van der Waals surface area contributed by atoms with Crippen LogP contribution in [0.3, 0.4) is 0 Å². The quantitative estimate of drug-likeness (QED) is 0.829. The molecule has 0 bridgehead atoms. The highest BCUT2D eigenvalue weighted by Gasteiger charge is 2.21. The molecular weight excluding hydrogens is 238 g/mol. The van der Waals surface area contributed by atoms with Crippen molar-refractivity contribution >= 4 is 22.5 Å². The van der Waals surface area contributed by atoms with Gasteiger partial charge in [0, 0.05) is 35.4 Å². The average Bonchev–Trinajstić information content (AvgIpc) is 2.81. The first-order valence-corrected chi connectivity index (χ1v) is 6.76. The Morgan fingerprint density at radius 3 is 2.79 bits per heavy atom. The molecule has 1 amide bonds. The summed E-state index contributed by atoms with van der Waals surface area (Å²) in [6.45, 7) is 6.90. The van der Waals surface area contributed by atoms with E-state index < -0.39 is 0 Å². The molecule has 0 aliphatic carbocycles. The summed E-state index contributed by atoms with van der Waals surface area (Å²) >= 11 is 0. The lowest BCUT2D eigenvalue weighted by Gasteiger charge is -2.27. The Balaban J connectivity index is 2.41. The second kappa shape index (κ2) is 5.34. The lowest BCUT2D eigenvalue weighted by atomic mass is 10.1. The molecule has 102 valence electrons. The van der Waals surface area contributed by atoms with Crippen LogP contribution in [0.2, 0.25) is 0 Å². The molecule has 1 aromatic carbocycles. The number of hydrogen-bond donors (Lipinski definition) is 2. The first kappa shape index (κ1) is 13.5. The number of rotatable bonds is 4. The van der Waals surface area contributed by atoms with Gasteiger partial charge in [0.15, 0.2) is 0 Å². The van der Waals surface area contributed by atoms with Crippen LogP contribution >= 0.6 is 0 Å². The molecule has 1 heterocycles. The minimum Gasteiger partial charge on any atom is -0.399 e. The number of benzene rings is 1. The number of nitrogens with two attached hydrogens (primary N) is 1. The van der Waals surface area contributed by atoms with Gasteiger partial charge in [0.1, 0.15) is 0 Å². The summed E-state index contributed by atoms with van der Waals surface area (Å²) in [6.07, 6.45) is 2.73. The predicted molar refractivity (Wildman–Crippen MR) is 79.2 cm³/mol. The fraction of sp³-hybridized carbons (Fsp3) is 0.400. The van der Waals surface area contributed by atoms with Crippen LogP contribution in [-0.2, 0) is 0 Å². The molecule has 0 saturated carbocycles. The van der Waals surface area contributed by atoms with E-state index in [1.165, 1.54) is 0 Å². The number of aromatic nitrogens is 1. The maximum Gasteiger partial charge on any atom is 0.256 e. The Morgan fingerprint density at radius 2 is 2.16 bits per heavy atom. The molecule has 0 radical (unpaired) electrons. The van der Waals surface area contributed by atoms with Crippen molar-refractivity contribution in [3.05, 3.63) is 30.0 Å². The molecule has 4 nitrogen and oxygen atoms in total. The van der Waals surface area contributed by atoms with E-state index in [0.717, 1.165) is 29.4 Å². The van der Waals surface area contributed by atoms with Gasteiger partial charge in [0.05, 0.1) is 5.56 Å². The lowest BCUT2D eigenvalue weighted by molar-refractivity contribution is 0.0702. The van der Waals surface area contributed by atoms with Crippen LogP contribution in [0.25, 0.3) is 10.9 Å². The van der Waals surface area contributed by atoms with E-state index in [2.05, 4.69) is 18.8 Å². The van der Waals surface area contributed by atoms with Crippen molar-refractivity contribution in [2.24, 2.45) is 0 Å². The second-order valence-corrected chi connectivity index (χ2v) is 4.86. The van der Waals surface area contributed by atoms with Gasteiger partial charge in [-0.25, -0.2) is 0 Å². The van der Waals surface area contributed by atoms with E-state index in [9.17, 15) is 4.79 Å². The van der Waals surface area contributed by atoms with Crippen molar-refractivity contribution < 1.29 is 4.79 Å². The zero-order valence-corrected chi connectivity index (χ0v) is 11.7. The number of nitrogen functional groups attached to an aromatic ring is 1. The molecule has 1 atom stereocenters. The first-order valence-electron chi connectivity index (χ1n) is 6.76. The highest BCUT2D eigenvalue weighted by atomic mass is 16.2. The second-order valence-electron chi connectivity index (χ2n) is 4.86. The maximum atomic E-state index is 12.6. The number of fused-ring (bicyclic) bond motifs is 1. The Kier molecular flexibility index (Phi) is 3.79. The van der Waals surface area contributed by atoms with Gasteiger partial charge in [-0.15, -0.1) is 0 Å². The molecule has 4 heteroatoms. The number of H-pyrrole nitrogens is 1. The highest BCUT2D eigenvalue weighted by molar-refractivity contribution is 6.07. The van der Waals surface area contributed by atoms with Crippen molar-refractivity contribution in [2.75, 3.05) is 12.3 Å². The Labute approximate surface area is 113 Å². The monoisotopic (exact) mass is 259 g/mol. The average molecular weight is 259 g/mol. The summed E-state index contributed by atoms with van der Waals surface area (Å²) in [5.41, 5.74) is 8.07. The van der Waals surface area contributed by atoms with Crippen molar-refractivity contribution in [1.29, 1.82) is 0 Å². The zero-order chi connectivity index (χ0) is 14.0. The minimum atomic E-state index is 0.0767. The van der Waals surface area contributed by atoms with Gasteiger partial charge in [-0.05, 0) is 38.5 Å². The predicted octanol–water partition coefficient (Wildman–Crippen LogP) is 3.01. The molecule has 0 aliphatic rings. The number of anilines is 1. The molecule has 0 saturated heterocycles. The molecule has 19 heavy (non-hydrogen) atoms. The van der Waals surface area contributed by atoms with Gasteiger partial charge in [-0.1, -0.05) is 6.92 Å². The Hall–Kier alpha value is -1.97. The third kappa shape index (κ3) is 2.43. The minimum absolute atomic E-state index is 0.0767. The van der Waals surface area contributed by atoms with Crippen molar-refractivity contribution in [2.45, 2.75) is 33.2 Å². The number of aromatic amines is 1. The normalized spacial score (nSPS) is 12.6. The summed E-state index contributed by atoms with van der Waals surface area (Å²) in [4.78, 5) is 17.6. The van der Waals surface area contributed by atoms with E-state index in [-0.39, 0.29) is 11.9 Å². The zero-order valence-electron chi connectivity index (χ0n) is 11.7. The first-order chi connectivity index (χ1) is 9.08. The van der Waals surface area contributed by atoms with E-state index in [1.807, 2.05) is 30.0 Å².